The molecular formula is C18H15ClFN5O2S. The average Bonchev–Trinajstić information content (AvgIpc) is 3.08. The van der Waals surface area contributed by atoms with Crippen LogP contribution in [0.25, 0.3) is 0 Å². The molecule has 2 aromatic carbocycles. The first-order chi connectivity index (χ1) is 13.4. The zero-order valence-electron chi connectivity index (χ0n) is 14.6. The fraction of sp³-hybridized carbons (Fsp3) is 0.111. The molecule has 0 saturated carbocycles. The third-order valence-corrected chi connectivity index (χ3v) is 4.91. The summed E-state index contributed by atoms with van der Waals surface area (Å²) >= 11 is 6.97. The van der Waals surface area contributed by atoms with E-state index in [9.17, 15) is 14.0 Å². The van der Waals surface area contributed by atoms with Crippen molar-refractivity contribution in [2.75, 3.05) is 16.4 Å². The number of carbonyl (C=O) groups excluding carboxylic acids is 2. The van der Waals surface area contributed by atoms with Crippen molar-refractivity contribution in [1.82, 2.24) is 14.8 Å². The third kappa shape index (κ3) is 5.08. The van der Waals surface area contributed by atoms with Crippen LogP contribution < -0.4 is 10.6 Å². The summed E-state index contributed by atoms with van der Waals surface area (Å²) in [6, 6.07) is 10.4. The Hall–Kier alpha value is -2.91. The number of hydrogen-bond donors (Lipinski definition) is 2. The molecule has 28 heavy (non-hydrogen) atoms. The fourth-order valence-electron chi connectivity index (χ4n) is 2.25. The van der Waals surface area contributed by atoms with E-state index >= 15 is 0 Å². The van der Waals surface area contributed by atoms with Crippen LogP contribution in [0.1, 0.15) is 10.4 Å². The third-order valence-electron chi connectivity index (χ3n) is 3.59. The predicted octanol–water partition coefficient (Wildman–Crippen LogP) is 3.59. The van der Waals surface area contributed by atoms with E-state index in [1.807, 2.05) is 0 Å². The lowest BCUT2D eigenvalue weighted by Gasteiger charge is -2.09. The summed E-state index contributed by atoms with van der Waals surface area (Å²) in [5.74, 6) is -1.07. The molecule has 0 atom stereocenters. The monoisotopic (exact) mass is 419 g/mol. The van der Waals surface area contributed by atoms with Crippen LogP contribution in [0.3, 0.4) is 0 Å². The molecule has 2 N–H and O–H groups in total. The molecule has 1 heterocycles. The van der Waals surface area contributed by atoms with E-state index in [4.69, 9.17) is 11.6 Å². The minimum atomic E-state index is -0.566. The molecule has 0 fully saturated rings. The van der Waals surface area contributed by atoms with Gasteiger partial charge in [0.05, 0.1) is 10.8 Å². The Bertz CT molecular complexity index is 1030. The van der Waals surface area contributed by atoms with Crippen molar-refractivity contribution in [2.45, 2.75) is 5.16 Å². The standard InChI is InChI=1S/C18H15ClFN5O2S/c1-25-10-21-24-18(25)28-9-16(26)22-12-4-2-3-11(7-12)17(27)23-13-5-6-15(20)14(19)8-13/h2-8,10H,9H2,1H3,(H,22,26)(H,23,27). The Morgan fingerprint density at radius 1 is 1.18 bits per heavy atom. The fourth-order valence-corrected chi connectivity index (χ4v) is 3.11. The van der Waals surface area contributed by atoms with Crippen molar-refractivity contribution in [1.29, 1.82) is 0 Å². The number of aromatic nitrogens is 3. The van der Waals surface area contributed by atoms with Gasteiger partial charge in [0.25, 0.3) is 5.91 Å². The summed E-state index contributed by atoms with van der Waals surface area (Å²) in [7, 11) is 1.79. The molecule has 3 rings (SSSR count). The van der Waals surface area contributed by atoms with E-state index in [2.05, 4.69) is 20.8 Å². The highest BCUT2D eigenvalue weighted by molar-refractivity contribution is 7.99. The first kappa shape index (κ1) is 19.8. The van der Waals surface area contributed by atoms with Crippen LogP contribution in [-0.4, -0.2) is 32.3 Å². The molecule has 144 valence electrons. The Morgan fingerprint density at radius 3 is 2.68 bits per heavy atom. The average molecular weight is 420 g/mol. The highest BCUT2D eigenvalue weighted by Crippen LogP contribution is 2.21. The minimum absolute atomic E-state index is 0.0840. The highest BCUT2D eigenvalue weighted by Gasteiger charge is 2.11. The van der Waals surface area contributed by atoms with Gasteiger partial charge in [0.2, 0.25) is 5.91 Å². The molecule has 0 aliphatic heterocycles. The summed E-state index contributed by atoms with van der Waals surface area (Å²) in [4.78, 5) is 24.5. The maximum Gasteiger partial charge on any atom is 0.255 e. The van der Waals surface area contributed by atoms with Gasteiger partial charge in [0.1, 0.15) is 12.1 Å². The van der Waals surface area contributed by atoms with Crippen molar-refractivity contribution in [3.63, 3.8) is 0 Å². The van der Waals surface area contributed by atoms with Crippen molar-refractivity contribution >= 4 is 46.6 Å². The van der Waals surface area contributed by atoms with Gasteiger partial charge in [-0.2, -0.15) is 0 Å². The van der Waals surface area contributed by atoms with Crippen molar-refractivity contribution < 1.29 is 14.0 Å². The van der Waals surface area contributed by atoms with Gasteiger partial charge in [0.15, 0.2) is 5.16 Å². The van der Waals surface area contributed by atoms with Gasteiger partial charge in [-0.15, -0.1) is 10.2 Å². The van der Waals surface area contributed by atoms with Crippen LogP contribution in [0, 0.1) is 5.82 Å². The Labute approximate surface area is 169 Å². The summed E-state index contributed by atoms with van der Waals surface area (Å²) < 4.78 is 14.9. The van der Waals surface area contributed by atoms with Crippen LogP contribution in [-0.2, 0) is 11.8 Å². The molecule has 0 aliphatic carbocycles. The smallest absolute Gasteiger partial charge is 0.255 e. The maximum absolute atomic E-state index is 13.2. The second kappa shape index (κ2) is 8.85. The molecule has 0 spiro atoms. The van der Waals surface area contributed by atoms with Gasteiger partial charge in [0, 0.05) is 24.0 Å². The Balaban J connectivity index is 1.61. The van der Waals surface area contributed by atoms with E-state index in [-0.39, 0.29) is 16.7 Å². The first-order valence-electron chi connectivity index (χ1n) is 8.05. The normalized spacial score (nSPS) is 10.5. The number of thioether (sulfide) groups is 1. The molecule has 10 heteroatoms. The molecule has 1 aromatic heterocycles. The number of nitrogens with one attached hydrogen (secondary N) is 2. The molecule has 0 radical (unpaired) electrons. The van der Waals surface area contributed by atoms with Gasteiger partial charge in [-0.05, 0) is 36.4 Å². The number of hydrogen-bond acceptors (Lipinski definition) is 5. The van der Waals surface area contributed by atoms with Gasteiger partial charge >= 0.3 is 0 Å². The molecule has 0 aliphatic rings. The van der Waals surface area contributed by atoms with E-state index in [0.29, 0.717) is 22.1 Å². The number of benzene rings is 2. The number of anilines is 2. The summed E-state index contributed by atoms with van der Waals surface area (Å²) in [6.45, 7) is 0. The lowest BCUT2D eigenvalue weighted by Crippen LogP contribution is -2.16. The number of halogens is 2. The van der Waals surface area contributed by atoms with E-state index in [0.717, 1.165) is 0 Å². The lowest BCUT2D eigenvalue weighted by molar-refractivity contribution is -0.113. The van der Waals surface area contributed by atoms with E-state index in [1.54, 1.807) is 42.2 Å². The van der Waals surface area contributed by atoms with Crippen LogP contribution in [0.2, 0.25) is 5.02 Å². The van der Waals surface area contributed by atoms with Gasteiger partial charge in [-0.25, -0.2) is 4.39 Å². The summed E-state index contributed by atoms with van der Waals surface area (Å²) in [6.07, 6.45) is 1.55. The quantitative estimate of drug-likeness (QED) is 0.596. The number of rotatable bonds is 6. The molecule has 0 saturated heterocycles. The molecule has 0 bridgehead atoms. The molecule has 7 nitrogen and oxygen atoms in total. The molecule has 3 aromatic rings. The molecular weight excluding hydrogens is 405 g/mol. The van der Waals surface area contributed by atoms with Gasteiger partial charge in [-0.3, -0.25) is 9.59 Å². The van der Waals surface area contributed by atoms with Gasteiger partial charge in [-0.1, -0.05) is 29.4 Å². The number of aryl methyl sites for hydroxylation is 1. The van der Waals surface area contributed by atoms with Crippen LogP contribution in [0.15, 0.2) is 53.9 Å². The predicted molar refractivity (Wildman–Crippen MR) is 106 cm³/mol. The molecule has 0 unspecified atom stereocenters. The van der Waals surface area contributed by atoms with Crippen molar-refractivity contribution in [3.05, 3.63) is 65.2 Å². The second-order valence-corrected chi connectivity index (χ2v) is 7.07. The SMILES string of the molecule is Cn1cnnc1SCC(=O)Nc1cccc(C(=O)Nc2ccc(F)c(Cl)c2)c1. The highest BCUT2D eigenvalue weighted by atomic mass is 35.5. The first-order valence-corrected chi connectivity index (χ1v) is 9.42. The zero-order chi connectivity index (χ0) is 20.1. The number of amides is 2. The largest absolute Gasteiger partial charge is 0.325 e. The molecule has 2 amide bonds. The van der Waals surface area contributed by atoms with Gasteiger partial charge < -0.3 is 15.2 Å². The Kier molecular flexibility index (Phi) is 6.27. The van der Waals surface area contributed by atoms with E-state index in [1.165, 1.54) is 30.0 Å². The summed E-state index contributed by atoms with van der Waals surface area (Å²) in [5.41, 5.74) is 1.18. The second-order valence-electron chi connectivity index (χ2n) is 5.73. The van der Waals surface area contributed by atoms with Crippen molar-refractivity contribution in [3.8, 4) is 0 Å². The maximum atomic E-state index is 13.2. The topological polar surface area (TPSA) is 88.9 Å². The van der Waals surface area contributed by atoms with Crippen LogP contribution in [0.4, 0.5) is 15.8 Å². The lowest BCUT2D eigenvalue weighted by atomic mass is 10.2. The number of nitrogens with zero attached hydrogens (tertiary/aromatic N) is 3. The van der Waals surface area contributed by atoms with Crippen molar-refractivity contribution in [2.24, 2.45) is 7.05 Å². The Morgan fingerprint density at radius 2 is 1.96 bits per heavy atom. The number of carbonyl (C=O) groups is 2. The zero-order valence-corrected chi connectivity index (χ0v) is 16.2. The van der Waals surface area contributed by atoms with E-state index < -0.39 is 11.7 Å². The van der Waals surface area contributed by atoms with Crippen LogP contribution >= 0.6 is 23.4 Å². The van der Waals surface area contributed by atoms with Crippen LogP contribution in [0.5, 0.6) is 0 Å². The minimum Gasteiger partial charge on any atom is -0.325 e. The summed E-state index contributed by atoms with van der Waals surface area (Å²) in [5, 5.41) is 13.5.